The number of fused-ring (bicyclic) bond motifs is 1. The van der Waals surface area contributed by atoms with Crippen molar-refractivity contribution in [2.24, 2.45) is 0 Å². The molecule has 0 bridgehead atoms. The minimum Gasteiger partial charge on any atom is -0.353 e. The van der Waals surface area contributed by atoms with Gasteiger partial charge in [0.05, 0.1) is 22.3 Å². The Balaban J connectivity index is 2.09. The molecule has 0 aliphatic carbocycles. The Morgan fingerprint density at radius 2 is 1.61 bits per heavy atom. The third-order valence-electron chi connectivity index (χ3n) is 4.72. The van der Waals surface area contributed by atoms with Gasteiger partial charge >= 0.3 is 12.4 Å². The largest absolute Gasteiger partial charge is 0.418 e. The Kier molecular flexibility index (Phi) is 5.48. The minimum absolute atomic E-state index is 0.0543. The fourth-order valence-corrected chi connectivity index (χ4v) is 3.88. The molecule has 0 spiro atoms. The highest BCUT2D eigenvalue weighted by atomic mass is 32.1. The average Bonchev–Trinajstić information content (AvgIpc) is 3.24. The number of anilines is 1. The summed E-state index contributed by atoms with van der Waals surface area (Å²) in [5.41, 5.74) is -6.48. The fraction of sp³-hybridized carbons (Fsp3) is 0.0952. The maximum absolute atomic E-state index is 13.7. The second-order valence-corrected chi connectivity index (χ2v) is 7.66. The van der Waals surface area contributed by atoms with E-state index in [2.05, 4.69) is 15.3 Å². The van der Waals surface area contributed by atoms with E-state index in [4.69, 9.17) is 0 Å². The van der Waals surface area contributed by atoms with Crippen LogP contribution in [0.3, 0.4) is 0 Å². The van der Waals surface area contributed by atoms with Crippen molar-refractivity contribution in [2.75, 3.05) is 5.32 Å². The first kappa shape index (κ1) is 22.5. The second-order valence-electron chi connectivity index (χ2n) is 6.76. The van der Waals surface area contributed by atoms with E-state index in [1.807, 2.05) is 0 Å². The lowest BCUT2D eigenvalue weighted by molar-refractivity contribution is -0.137. The van der Waals surface area contributed by atoms with Gasteiger partial charge in [-0.1, -0.05) is 24.3 Å². The van der Waals surface area contributed by atoms with Crippen molar-refractivity contribution in [3.63, 3.8) is 0 Å². The average molecular weight is 483 g/mol. The predicted octanol–water partition coefficient (Wildman–Crippen LogP) is 5.94. The predicted molar refractivity (Wildman–Crippen MR) is 110 cm³/mol. The summed E-state index contributed by atoms with van der Waals surface area (Å²) in [7, 11) is 0. The number of nitrogens with zero attached hydrogens (tertiary/aromatic N) is 1. The summed E-state index contributed by atoms with van der Waals surface area (Å²) >= 11 is 0.986. The molecule has 170 valence electrons. The van der Waals surface area contributed by atoms with Gasteiger partial charge in [-0.15, -0.1) is 11.3 Å². The number of amides is 1. The third-order valence-corrected chi connectivity index (χ3v) is 5.41. The zero-order valence-corrected chi connectivity index (χ0v) is 17.0. The number of para-hydroxylation sites is 1. The number of hydrogen-bond donors (Lipinski definition) is 2. The summed E-state index contributed by atoms with van der Waals surface area (Å²) in [6, 6.07) is 6.70. The van der Waals surface area contributed by atoms with E-state index in [1.165, 1.54) is 17.6 Å². The number of rotatable bonds is 3. The number of nitrogens with one attached hydrogen (secondary N) is 2. The molecule has 2 aromatic carbocycles. The summed E-state index contributed by atoms with van der Waals surface area (Å²) in [6.45, 7) is 0. The first-order valence-corrected chi connectivity index (χ1v) is 10.00. The van der Waals surface area contributed by atoms with Gasteiger partial charge in [-0.3, -0.25) is 14.9 Å². The number of hydrogen-bond acceptors (Lipinski definition) is 4. The molecular weight excluding hydrogens is 472 g/mol. The Bertz CT molecular complexity index is 1410. The van der Waals surface area contributed by atoms with E-state index in [0.717, 1.165) is 35.6 Å². The Morgan fingerprint density at radius 3 is 2.24 bits per heavy atom. The van der Waals surface area contributed by atoms with E-state index in [0.29, 0.717) is 12.1 Å². The van der Waals surface area contributed by atoms with Gasteiger partial charge < -0.3 is 4.98 Å². The number of aromatic amines is 1. The third kappa shape index (κ3) is 4.21. The monoisotopic (exact) mass is 483 g/mol. The van der Waals surface area contributed by atoms with Crippen LogP contribution in [0, 0.1) is 0 Å². The molecule has 0 saturated heterocycles. The van der Waals surface area contributed by atoms with Crippen LogP contribution in [-0.2, 0) is 12.4 Å². The summed E-state index contributed by atoms with van der Waals surface area (Å²) in [6.07, 6.45) is -8.47. The van der Waals surface area contributed by atoms with Gasteiger partial charge in [-0.25, -0.2) is 4.98 Å². The van der Waals surface area contributed by atoms with Crippen LogP contribution in [0.5, 0.6) is 0 Å². The first-order valence-electron chi connectivity index (χ1n) is 9.12. The lowest BCUT2D eigenvalue weighted by Gasteiger charge is -2.18. The minimum atomic E-state index is -4.91. The van der Waals surface area contributed by atoms with Crippen LogP contribution < -0.4 is 10.7 Å². The molecule has 4 rings (SSSR count). The van der Waals surface area contributed by atoms with Crippen molar-refractivity contribution in [3.8, 4) is 11.3 Å². The van der Waals surface area contributed by atoms with Crippen LogP contribution in [-0.4, -0.2) is 15.9 Å². The highest BCUT2D eigenvalue weighted by Crippen LogP contribution is 2.39. The van der Waals surface area contributed by atoms with Crippen LogP contribution in [0.1, 0.15) is 21.5 Å². The highest BCUT2D eigenvalue weighted by Gasteiger charge is 2.37. The molecule has 0 saturated carbocycles. The lowest BCUT2D eigenvalue weighted by Crippen LogP contribution is -2.25. The number of carbonyl (C=O) groups excluding carboxylic acids is 1. The molecule has 0 aliphatic heterocycles. The fourth-order valence-electron chi connectivity index (χ4n) is 3.36. The van der Waals surface area contributed by atoms with Gasteiger partial charge in [0.15, 0.2) is 5.13 Å². The number of aromatic nitrogens is 2. The molecule has 0 radical (unpaired) electrons. The molecule has 0 aliphatic rings. The second kappa shape index (κ2) is 8.03. The van der Waals surface area contributed by atoms with Crippen molar-refractivity contribution in [1.29, 1.82) is 0 Å². The van der Waals surface area contributed by atoms with Crippen LogP contribution in [0.25, 0.3) is 22.2 Å². The van der Waals surface area contributed by atoms with Gasteiger partial charge in [-0.05, 0) is 18.2 Å². The van der Waals surface area contributed by atoms with Gasteiger partial charge in [0.25, 0.3) is 5.91 Å². The molecule has 2 aromatic heterocycles. The standard InChI is InChI=1S/C21H11F6N3O2S/c22-20(23,24)12-6-2-1-4-10(12)16-14(18(32)30-19-28-8-9-33-19)17(31)11-5-3-7-13(15(11)29-16)21(25,26)27/h1-9H,(H,29,31)(H,28,30,32). The van der Waals surface area contributed by atoms with Crippen molar-refractivity contribution < 1.29 is 31.1 Å². The van der Waals surface area contributed by atoms with Crippen LogP contribution in [0.15, 0.2) is 58.8 Å². The number of pyridine rings is 1. The lowest BCUT2D eigenvalue weighted by atomic mass is 9.96. The molecule has 0 fully saturated rings. The topological polar surface area (TPSA) is 74.8 Å². The molecular formula is C21H11F6N3O2S. The van der Waals surface area contributed by atoms with E-state index in [1.54, 1.807) is 0 Å². The summed E-state index contributed by atoms with van der Waals surface area (Å²) in [4.78, 5) is 32.3. The number of thiazole rings is 1. The van der Waals surface area contributed by atoms with Crippen molar-refractivity contribution >= 4 is 33.3 Å². The zero-order chi connectivity index (χ0) is 24.0. The molecule has 12 heteroatoms. The SMILES string of the molecule is O=C(Nc1nccs1)c1c(-c2ccccc2C(F)(F)F)[nH]c2c(C(F)(F)F)cccc2c1=O. The van der Waals surface area contributed by atoms with E-state index in [-0.39, 0.29) is 5.13 Å². The molecule has 1 amide bonds. The van der Waals surface area contributed by atoms with Crippen LogP contribution in [0.4, 0.5) is 31.5 Å². The van der Waals surface area contributed by atoms with Crippen molar-refractivity contribution in [3.05, 3.63) is 81.0 Å². The van der Waals surface area contributed by atoms with Gasteiger partial charge in [0.1, 0.15) is 5.56 Å². The smallest absolute Gasteiger partial charge is 0.353 e. The number of alkyl halides is 6. The van der Waals surface area contributed by atoms with E-state index < -0.39 is 62.5 Å². The van der Waals surface area contributed by atoms with Gasteiger partial charge in [0.2, 0.25) is 5.43 Å². The molecule has 2 heterocycles. The number of benzene rings is 2. The zero-order valence-electron chi connectivity index (χ0n) is 16.1. The number of halogens is 6. The first-order chi connectivity index (χ1) is 15.5. The summed E-state index contributed by atoms with van der Waals surface area (Å²) < 4.78 is 81.7. The molecule has 0 unspecified atom stereocenters. The van der Waals surface area contributed by atoms with Crippen LogP contribution >= 0.6 is 11.3 Å². The summed E-state index contributed by atoms with van der Waals surface area (Å²) in [5, 5.41) is 3.37. The molecule has 33 heavy (non-hydrogen) atoms. The maximum Gasteiger partial charge on any atom is 0.418 e. The highest BCUT2D eigenvalue weighted by molar-refractivity contribution is 7.13. The van der Waals surface area contributed by atoms with Gasteiger partial charge in [-0.2, -0.15) is 26.3 Å². The molecule has 5 nitrogen and oxygen atoms in total. The maximum atomic E-state index is 13.7. The van der Waals surface area contributed by atoms with Crippen LogP contribution in [0.2, 0.25) is 0 Å². The summed E-state index contributed by atoms with van der Waals surface area (Å²) in [5.74, 6) is -1.11. The molecule has 0 atom stereocenters. The Labute approximate surface area is 184 Å². The van der Waals surface area contributed by atoms with E-state index >= 15 is 0 Å². The Hall–Kier alpha value is -3.67. The van der Waals surface area contributed by atoms with Crippen molar-refractivity contribution in [1.82, 2.24) is 9.97 Å². The number of H-pyrrole nitrogens is 1. The molecule has 2 N–H and O–H groups in total. The normalized spacial score (nSPS) is 12.2. The quantitative estimate of drug-likeness (QED) is 0.354. The Morgan fingerprint density at radius 1 is 0.939 bits per heavy atom. The van der Waals surface area contributed by atoms with E-state index in [9.17, 15) is 35.9 Å². The van der Waals surface area contributed by atoms with Crippen molar-refractivity contribution in [2.45, 2.75) is 12.4 Å². The molecule has 4 aromatic rings. The number of carbonyl (C=O) groups is 1. The van der Waals surface area contributed by atoms with Gasteiger partial charge in [0, 0.05) is 22.5 Å².